The molecule has 0 amide bonds. The van der Waals surface area contributed by atoms with Gasteiger partial charge in [0.2, 0.25) is 0 Å². The molecule has 0 aliphatic rings. The van der Waals surface area contributed by atoms with Crippen LogP contribution in [0, 0.1) is 0 Å². The van der Waals surface area contributed by atoms with Gasteiger partial charge in [0.25, 0.3) is 0 Å². The number of benzene rings is 3. The molecular formula is C21H20OSn. The van der Waals surface area contributed by atoms with Crippen LogP contribution >= 0.6 is 0 Å². The van der Waals surface area contributed by atoms with E-state index in [1.165, 1.54) is 10.7 Å². The maximum atomic E-state index is 9.42. The molecule has 3 rings (SSSR count). The summed E-state index contributed by atoms with van der Waals surface area (Å²) in [6.45, 7) is 0.0746. The van der Waals surface area contributed by atoms with E-state index < -0.39 is 18.4 Å². The van der Waals surface area contributed by atoms with E-state index in [1.807, 2.05) is 6.08 Å². The predicted molar refractivity (Wildman–Crippen MR) is 100 cm³/mol. The van der Waals surface area contributed by atoms with Crippen LogP contribution in [0.5, 0.6) is 0 Å². The van der Waals surface area contributed by atoms with Crippen LogP contribution in [0.2, 0.25) is 0 Å². The summed E-state index contributed by atoms with van der Waals surface area (Å²) < 4.78 is 6.49. The van der Waals surface area contributed by atoms with Gasteiger partial charge in [0.1, 0.15) is 0 Å². The summed E-state index contributed by atoms with van der Waals surface area (Å²) in [5.74, 6) is 0. The van der Waals surface area contributed by atoms with Crippen molar-refractivity contribution in [2.24, 2.45) is 0 Å². The van der Waals surface area contributed by atoms with Crippen molar-refractivity contribution in [1.29, 1.82) is 0 Å². The van der Waals surface area contributed by atoms with Gasteiger partial charge in [-0.15, -0.1) is 0 Å². The van der Waals surface area contributed by atoms with Gasteiger partial charge in [-0.3, -0.25) is 0 Å². The molecule has 0 unspecified atom stereocenters. The van der Waals surface area contributed by atoms with Gasteiger partial charge in [-0.05, 0) is 0 Å². The molecule has 0 aliphatic carbocycles. The molecule has 0 saturated heterocycles. The van der Waals surface area contributed by atoms with E-state index in [2.05, 4.69) is 95.1 Å². The van der Waals surface area contributed by atoms with Crippen LogP contribution in [-0.2, 0) is 0 Å². The zero-order valence-electron chi connectivity index (χ0n) is 13.0. The second kappa shape index (κ2) is 7.62. The fraction of sp³-hybridized carbons (Fsp3) is 0.0476. The van der Waals surface area contributed by atoms with E-state index in [9.17, 15) is 5.11 Å². The second-order valence-corrected chi connectivity index (χ2v) is 16.0. The number of rotatable bonds is 5. The molecule has 0 spiro atoms. The first-order valence-electron chi connectivity index (χ1n) is 7.83. The van der Waals surface area contributed by atoms with E-state index in [1.54, 1.807) is 0 Å². The van der Waals surface area contributed by atoms with Gasteiger partial charge < -0.3 is 0 Å². The molecule has 0 aliphatic heterocycles. The minimum atomic E-state index is -3.25. The number of hydrogen-bond donors (Lipinski definition) is 1. The first kappa shape index (κ1) is 16.0. The molecule has 114 valence electrons. The van der Waals surface area contributed by atoms with E-state index in [4.69, 9.17) is 0 Å². The zero-order valence-corrected chi connectivity index (χ0v) is 15.8. The summed E-state index contributed by atoms with van der Waals surface area (Å²) in [5.41, 5.74) is 0. The third kappa shape index (κ3) is 3.26. The molecule has 0 radical (unpaired) electrons. The first-order valence-corrected chi connectivity index (χ1v) is 13.8. The van der Waals surface area contributed by atoms with Crippen molar-refractivity contribution in [1.82, 2.24) is 0 Å². The Morgan fingerprint density at radius 2 is 0.957 bits per heavy atom. The zero-order chi connectivity index (χ0) is 16.0. The molecule has 0 fully saturated rings. The Kier molecular flexibility index (Phi) is 5.31. The second-order valence-electron chi connectivity index (χ2n) is 5.49. The molecule has 23 heavy (non-hydrogen) atoms. The van der Waals surface area contributed by atoms with Gasteiger partial charge in [-0.1, -0.05) is 0 Å². The first-order chi connectivity index (χ1) is 11.4. The Hall–Kier alpha value is -1.84. The van der Waals surface area contributed by atoms with Gasteiger partial charge in [-0.2, -0.15) is 0 Å². The van der Waals surface area contributed by atoms with Crippen molar-refractivity contribution >= 4 is 29.1 Å². The Balaban J connectivity index is 2.33. The van der Waals surface area contributed by atoms with E-state index in [-0.39, 0.29) is 6.61 Å². The summed E-state index contributed by atoms with van der Waals surface area (Å²) >= 11 is -3.25. The maximum absolute atomic E-state index is 9.42. The average Bonchev–Trinajstić information content (AvgIpc) is 2.65. The molecule has 0 aromatic heterocycles. The van der Waals surface area contributed by atoms with Crippen molar-refractivity contribution in [3.05, 3.63) is 101 Å². The Morgan fingerprint density at radius 1 is 0.609 bits per heavy atom. The van der Waals surface area contributed by atoms with Gasteiger partial charge in [0.15, 0.2) is 0 Å². The standard InChI is InChI=1S/3C6H5.C3H5O.Sn/c3*1-2-4-6-5-3-1;1-2-3-4;/h3*1-5H;1-2,4H,3H2;. The normalized spacial score (nSPS) is 11.7. The van der Waals surface area contributed by atoms with Gasteiger partial charge in [0, 0.05) is 0 Å². The minimum absolute atomic E-state index is 0.0746. The van der Waals surface area contributed by atoms with Crippen LogP contribution in [0.4, 0.5) is 0 Å². The molecule has 0 atom stereocenters. The SMILES string of the molecule is OC/C=[CH]/[Sn]([c]1ccccc1)([c]1ccccc1)[c]1ccccc1. The molecule has 3 aromatic carbocycles. The summed E-state index contributed by atoms with van der Waals surface area (Å²) in [4.78, 5) is 0. The van der Waals surface area contributed by atoms with Crippen LogP contribution in [0.25, 0.3) is 0 Å². The average molecular weight is 407 g/mol. The Morgan fingerprint density at radius 3 is 1.26 bits per heavy atom. The summed E-state index contributed by atoms with van der Waals surface area (Å²) in [6.07, 6.45) is 1.92. The molecule has 1 N–H and O–H groups in total. The molecule has 0 heterocycles. The van der Waals surface area contributed by atoms with Crippen molar-refractivity contribution in [3.8, 4) is 0 Å². The van der Waals surface area contributed by atoms with Crippen molar-refractivity contribution in [2.75, 3.05) is 6.61 Å². The van der Waals surface area contributed by atoms with Gasteiger partial charge >= 0.3 is 142 Å². The summed E-state index contributed by atoms with van der Waals surface area (Å²) in [7, 11) is 0. The van der Waals surface area contributed by atoms with Crippen molar-refractivity contribution in [3.63, 3.8) is 0 Å². The van der Waals surface area contributed by atoms with E-state index >= 15 is 0 Å². The number of aliphatic hydroxyl groups excluding tert-OH is 1. The van der Waals surface area contributed by atoms with Crippen molar-refractivity contribution < 1.29 is 5.11 Å². The molecule has 2 heteroatoms. The fourth-order valence-electron chi connectivity index (χ4n) is 3.12. The van der Waals surface area contributed by atoms with Gasteiger partial charge in [-0.25, -0.2) is 0 Å². The van der Waals surface area contributed by atoms with Crippen LogP contribution in [0.1, 0.15) is 0 Å². The van der Waals surface area contributed by atoms with Crippen LogP contribution < -0.4 is 10.7 Å². The fourth-order valence-corrected chi connectivity index (χ4v) is 15.1. The Bertz CT molecular complexity index is 655. The van der Waals surface area contributed by atoms with Crippen LogP contribution in [0.15, 0.2) is 101 Å². The van der Waals surface area contributed by atoms with Crippen molar-refractivity contribution in [2.45, 2.75) is 0 Å². The molecular weight excluding hydrogens is 387 g/mol. The van der Waals surface area contributed by atoms with Gasteiger partial charge in [0.05, 0.1) is 0 Å². The van der Waals surface area contributed by atoms with E-state index in [0.29, 0.717) is 0 Å². The molecule has 0 bridgehead atoms. The topological polar surface area (TPSA) is 20.2 Å². The summed E-state index contributed by atoms with van der Waals surface area (Å²) in [5, 5.41) is 9.42. The number of aliphatic hydroxyl groups is 1. The van der Waals surface area contributed by atoms with Crippen LogP contribution in [-0.4, -0.2) is 30.1 Å². The summed E-state index contributed by atoms with van der Waals surface area (Å²) in [6, 6.07) is 32.3. The quantitative estimate of drug-likeness (QED) is 0.644. The third-order valence-electron chi connectivity index (χ3n) is 4.16. The Labute approximate surface area is 141 Å². The van der Waals surface area contributed by atoms with Crippen LogP contribution in [0.3, 0.4) is 0 Å². The monoisotopic (exact) mass is 408 g/mol. The predicted octanol–water partition coefficient (Wildman–Crippen LogP) is 2.24. The molecule has 3 aromatic rings. The number of hydrogen-bond acceptors (Lipinski definition) is 1. The van der Waals surface area contributed by atoms with E-state index in [0.717, 1.165) is 0 Å². The molecule has 1 nitrogen and oxygen atoms in total. The molecule has 0 saturated carbocycles. The third-order valence-corrected chi connectivity index (χ3v) is 16.9.